The van der Waals surface area contributed by atoms with Gasteiger partial charge in [0.05, 0.1) is 17.4 Å². The molecule has 8 heteroatoms. The molecule has 1 aliphatic carbocycles. The molecule has 3 atom stereocenters. The summed E-state index contributed by atoms with van der Waals surface area (Å²) >= 11 is 11.8. The van der Waals surface area contributed by atoms with Gasteiger partial charge in [-0.15, -0.1) is 0 Å². The quantitative estimate of drug-likeness (QED) is 0.755. The Balaban J connectivity index is 1.39. The van der Waals surface area contributed by atoms with Crippen molar-refractivity contribution in [2.45, 2.75) is 32.4 Å². The van der Waals surface area contributed by atoms with Crippen LogP contribution in [0.5, 0.6) is 0 Å². The number of carbonyl (C=O) groups is 2. The maximum atomic E-state index is 12.6. The van der Waals surface area contributed by atoms with Crippen LogP contribution in [0.1, 0.15) is 25.3 Å². The summed E-state index contributed by atoms with van der Waals surface area (Å²) in [5.74, 6) is 0.901. The van der Waals surface area contributed by atoms with Gasteiger partial charge in [-0.3, -0.25) is 4.79 Å². The number of rotatable bonds is 3. The molecule has 0 N–H and O–H groups in total. The number of halogens is 2. The lowest BCUT2D eigenvalue weighted by Crippen LogP contribution is -2.39. The van der Waals surface area contributed by atoms with Crippen molar-refractivity contribution in [1.29, 1.82) is 0 Å². The van der Waals surface area contributed by atoms with Gasteiger partial charge in [0.2, 0.25) is 5.91 Å². The van der Waals surface area contributed by atoms with Crippen molar-refractivity contribution in [2.24, 2.45) is 11.8 Å². The van der Waals surface area contributed by atoms with Crippen LogP contribution in [0.2, 0.25) is 10.0 Å². The Hall–Kier alpha value is -2.05. The van der Waals surface area contributed by atoms with Gasteiger partial charge in [0, 0.05) is 37.6 Å². The van der Waals surface area contributed by atoms with E-state index in [4.69, 9.17) is 23.2 Å². The fourth-order valence-corrected chi connectivity index (χ4v) is 4.78. The summed E-state index contributed by atoms with van der Waals surface area (Å²) < 4.78 is 1.29. The molecule has 1 unspecified atom stereocenters. The Labute approximate surface area is 174 Å². The second kappa shape index (κ2) is 7.76. The third-order valence-corrected chi connectivity index (χ3v) is 6.30. The van der Waals surface area contributed by atoms with Gasteiger partial charge in [-0.05, 0) is 42.4 Å². The number of carbonyl (C=O) groups excluding carboxylic acids is 2. The Bertz CT molecular complexity index is 869. The molecule has 0 spiro atoms. The number of aromatic nitrogens is 2. The summed E-state index contributed by atoms with van der Waals surface area (Å²) in [4.78, 5) is 28.7. The fourth-order valence-electron chi connectivity index (χ4n) is 4.51. The van der Waals surface area contributed by atoms with Crippen molar-refractivity contribution in [2.75, 3.05) is 13.1 Å². The Morgan fingerprint density at radius 1 is 1.11 bits per heavy atom. The molecule has 2 amide bonds. The van der Waals surface area contributed by atoms with Crippen LogP contribution in [0.25, 0.3) is 0 Å². The Morgan fingerprint density at radius 3 is 2.29 bits per heavy atom. The summed E-state index contributed by atoms with van der Waals surface area (Å²) in [7, 11) is 0. The molecule has 2 fully saturated rings. The van der Waals surface area contributed by atoms with E-state index < -0.39 is 0 Å². The van der Waals surface area contributed by atoms with Crippen molar-refractivity contribution < 1.29 is 9.59 Å². The number of fused-ring (bicyclic) bond motifs is 1. The van der Waals surface area contributed by atoms with Crippen molar-refractivity contribution >= 4 is 35.1 Å². The van der Waals surface area contributed by atoms with Gasteiger partial charge < -0.3 is 9.80 Å². The van der Waals surface area contributed by atoms with Crippen LogP contribution in [-0.2, 0) is 11.3 Å². The standard InChI is InChI=1S/C20H22Cl2N4O2/c1-13(27)25(9-14-2-4-17(21)5-3-14)19-6-15-10-24(11-16(15)7-19)20(28)26-12-18(22)8-23-26/h2-5,8,12,15-16,19H,6-7,9-11H2,1H3/t15-,16+,19?. The lowest BCUT2D eigenvalue weighted by atomic mass is 10.0. The summed E-state index contributed by atoms with van der Waals surface area (Å²) in [6.07, 6.45) is 4.83. The molecule has 1 aromatic heterocycles. The number of likely N-dealkylation sites (tertiary alicyclic amines) is 1. The Morgan fingerprint density at radius 2 is 1.75 bits per heavy atom. The first-order valence-corrected chi connectivity index (χ1v) is 10.2. The minimum atomic E-state index is -0.137. The number of hydrogen-bond acceptors (Lipinski definition) is 3. The second-order valence-electron chi connectivity index (χ2n) is 7.71. The van der Waals surface area contributed by atoms with Gasteiger partial charge in [0.15, 0.2) is 0 Å². The van der Waals surface area contributed by atoms with Crippen molar-refractivity contribution in [3.8, 4) is 0 Å². The molecule has 1 aliphatic heterocycles. The summed E-state index contributed by atoms with van der Waals surface area (Å²) in [6.45, 7) is 3.61. The first-order valence-electron chi connectivity index (χ1n) is 9.42. The van der Waals surface area contributed by atoms with E-state index in [9.17, 15) is 9.59 Å². The SMILES string of the molecule is CC(=O)N(Cc1ccc(Cl)cc1)C1C[C@@H]2CN(C(=O)n3cc(Cl)cn3)C[C@@H]2C1. The molecule has 2 aliphatic rings. The zero-order valence-corrected chi connectivity index (χ0v) is 17.1. The van der Waals surface area contributed by atoms with Crippen LogP contribution in [0, 0.1) is 11.8 Å². The van der Waals surface area contributed by atoms with E-state index in [1.807, 2.05) is 34.1 Å². The molecule has 0 bridgehead atoms. The topological polar surface area (TPSA) is 58.4 Å². The van der Waals surface area contributed by atoms with Gasteiger partial charge >= 0.3 is 6.03 Å². The highest BCUT2D eigenvalue weighted by atomic mass is 35.5. The van der Waals surface area contributed by atoms with E-state index in [1.54, 1.807) is 6.92 Å². The first-order chi connectivity index (χ1) is 13.4. The number of hydrogen-bond donors (Lipinski definition) is 0. The number of nitrogens with zero attached hydrogens (tertiary/aromatic N) is 4. The lowest BCUT2D eigenvalue weighted by molar-refractivity contribution is -0.131. The Kier molecular flexibility index (Phi) is 5.34. The molecule has 28 heavy (non-hydrogen) atoms. The minimum Gasteiger partial charge on any atom is -0.336 e. The molecule has 2 aromatic rings. The fraction of sp³-hybridized carbons (Fsp3) is 0.450. The van der Waals surface area contributed by atoms with Crippen LogP contribution >= 0.6 is 23.2 Å². The number of benzene rings is 1. The van der Waals surface area contributed by atoms with Crippen molar-refractivity contribution in [3.63, 3.8) is 0 Å². The van der Waals surface area contributed by atoms with Crippen LogP contribution < -0.4 is 0 Å². The monoisotopic (exact) mass is 420 g/mol. The normalized spacial score (nSPS) is 23.7. The zero-order valence-electron chi connectivity index (χ0n) is 15.6. The summed E-state index contributed by atoms with van der Waals surface area (Å²) in [5, 5.41) is 5.15. The molecule has 148 valence electrons. The van der Waals surface area contributed by atoms with E-state index in [1.165, 1.54) is 17.1 Å². The average Bonchev–Trinajstić information content (AvgIpc) is 3.34. The smallest absolute Gasteiger partial charge is 0.336 e. The molecule has 1 aromatic carbocycles. The highest BCUT2D eigenvalue weighted by molar-refractivity contribution is 6.30. The first kappa shape index (κ1) is 19.3. The van der Waals surface area contributed by atoms with Gasteiger partial charge in [0.25, 0.3) is 0 Å². The van der Waals surface area contributed by atoms with Crippen molar-refractivity contribution in [1.82, 2.24) is 19.6 Å². The third-order valence-electron chi connectivity index (χ3n) is 5.86. The maximum Gasteiger partial charge on any atom is 0.344 e. The van der Waals surface area contributed by atoms with Crippen LogP contribution in [0.4, 0.5) is 4.79 Å². The van der Waals surface area contributed by atoms with E-state index >= 15 is 0 Å². The molecule has 1 saturated heterocycles. The van der Waals surface area contributed by atoms with Crippen molar-refractivity contribution in [3.05, 3.63) is 52.3 Å². The van der Waals surface area contributed by atoms with Gasteiger partial charge in [-0.2, -0.15) is 9.78 Å². The van der Waals surface area contributed by atoms with E-state index in [0.29, 0.717) is 41.5 Å². The third kappa shape index (κ3) is 3.89. The molecular weight excluding hydrogens is 399 g/mol. The molecule has 6 nitrogen and oxygen atoms in total. The molecule has 1 saturated carbocycles. The van der Waals surface area contributed by atoms with E-state index in [-0.39, 0.29) is 18.0 Å². The average molecular weight is 421 g/mol. The highest BCUT2D eigenvalue weighted by Gasteiger charge is 2.44. The highest BCUT2D eigenvalue weighted by Crippen LogP contribution is 2.41. The molecule has 2 heterocycles. The zero-order chi connectivity index (χ0) is 19.8. The maximum absolute atomic E-state index is 12.6. The van der Waals surface area contributed by atoms with Gasteiger partial charge in [-0.1, -0.05) is 35.3 Å². The predicted molar refractivity (Wildman–Crippen MR) is 107 cm³/mol. The van der Waals surface area contributed by atoms with Gasteiger partial charge in [-0.25, -0.2) is 4.79 Å². The summed E-state index contributed by atoms with van der Waals surface area (Å²) in [6, 6.07) is 7.70. The number of amides is 2. The predicted octanol–water partition coefficient (Wildman–Crippen LogP) is 3.92. The summed E-state index contributed by atoms with van der Waals surface area (Å²) in [5.41, 5.74) is 1.07. The second-order valence-corrected chi connectivity index (χ2v) is 8.58. The largest absolute Gasteiger partial charge is 0.344 e. The van der Waals surface area contributed by atoms with E-state index in [0.717, 1.165) is 18.4 Å². The molecule has 4 rings (SSSR count). The minimum absolute atomic E-state index is 0.0824. The lowest BCUT2D eigenvalue weighted by Gasteiger charge is -2.29. The molecule has 0 radical (unpaired) electrons. The van der Waals surface area contributed by atoms with Gasteiger partial charge in [0.1, 0.15) is 0 Å². The van der Waals surface area contributed by atoms with E-state index in [2.05, 4.69) is 5.10 Å². The molecular formula is C20H22Cl2N4O2. The van der Waals surface area contributed by atoms with Crippen LogP contribution in [-0.4, -0.2) is 50.6 Å². The van der Waals surface area contributed by atoms with Crippen LogP contribution in [0.3, 0.4) is 0 Å². The van der Waals surface area contributed by atoms with Crippen LogP contribution in [0.15, 0.2) is 36.7 Å².